The van der Waals surface area contributed by atoms with Crippen molar-refractivity contribution in [2.75, 3.05) is 0 Å². The van der Waals surface area contributed by atoms with Gasteiger partial charge in [-0.1, -0.05) is 60.8 Å². The third kappa shape index (κ3) is 2.84. The van der Waals surface area contributed by atoms with Crippen LogP contribution in [0.4, 0.5) is 0 Å². The molecule has 0 aliphatic heterocycles. The first-order valence-electron chi connectivity index (χ1n) is 10.2. The molecule has 2 saturated carbocycles. The maximum absolute atomic E-state index is 3.87. The maximum atomic E-state index is 3.87. The summed E-state index contributed by atoms with van der Waals surface area (Å²) in [6.45, 7) is 14.8. The van der Waals surface area contributed by atoms with Gasteiger partial charge in [-0.25, -0.2) is 0 Å². The standard InChI is InChI=1S/C24H35.Y/c1-16-14-18-8-9-21-23(5,19(18)15-17(16)2)13-10-20-22(3,4)11-7-12-24(20,21)6;/h14,20-21H,7-13H2,1-6H3;/q-1;/t20?,21-,23-,24-;/m0./s1. The van der Waals surface area contributed by atoms with Gasteiger partial charge in [-0.15, -0.1) is 0 Å². The van der Waals surface area contributed by atoms with E-state index in [-0.39, 0.29) is 32.7 Å². The van der Waals surface area contributed by atoms with Gasteiger partial charge in [0.2, 0.25) is 0 Å². The molecule has 3 aliphatic carbocycles. The van der Waals surface area contributed by atoms with Gasteiger partial charge in [0.1, 0.15) is 0 Å². The monoisotopic (exact) mass is 412 g/mol. The number of rotatable bonds is 0. The SMILES string of the molecule is Cc1[c-]c2c(cc1C)CC[C@H]1[C@@]2(C)CCC2C(C)(C)CCC[C@@]21C.[Y]. The van der Waals surface area contributed by atoms with E-state index in [4.69, 9.17) is 0 Å². The molecule has 0 heterocycles. The van der Waals surface area contributed by atoms with Crippen LogP contribution in [0.3, 0.4) is 0 Å². The zero-order valence-electron chi connectivity index (χ0n) is 17.3. The molecule has 0 amide bonds. The van der Waals surface area contributed by atoms with E-state index < -0.39 is 0 Å². The average Bonchev–Trinajstić information content (AvgIpc) is 2.48. The Morgan fingerprint density at radius 2 is 1.68 bits per heavy atom. The molecule has 4 rings (SSSR count). The van der Waals surface area contributed by atoms with Crippen LogP contribution < -0.4 is 0 Å². The Hall–Kier alpha value is 0.324. The summed E-state index contributed by atoms with van der Waals surface area (Å²) < 4.78 is 0. The van der Waals surface area contributed by atoms with Crippen molar-refractivity contribution in [3.63, 3.8) is 0 Å². The van der Waals surface area contributed by atoms with Crippen LogP contribution in [0.25, 0.3) is 0 Å². The molecule has 4 atom stereocenters. The van der Waals surface area contributed by atoms with Crippen molar-refractivity contribution < 1.29 is 32.7 Å². The Balaban J connectivity index is 0.00000182. The average molecular weight is 412 g/mol. The zero-order valence-corrected chi connectivity index (χ0v) is 20.1. The van der Waals surface area contributed by atoms with E-state index in [0.29, 0.717) is 16.2 Å². The summed E-state index contributed by atoms with van der Waals surface area (Å²) in [5, 5.41) is 0. The summed E-state index contributed by atoms with van der Waals surface area (Å²) in [6, 6.07) is 6.34. The van der Waals surface area contributed by atoms with Crippen molar-refractivity contribution in [1.82, 2.24) is 0 Å². The molecule has 1 unspecified atom stereocenters. The summed E-state index contributed by atoms with van der Waals surface area (Å²) in [5.74, 6) is 1.75. The first kappa shape index (κ1) is 20.1. The Bertz CT molecular complexity index is 673. The number of fused-ring (bicyclic) bond motifs is 5. The van der Waals surface area contributed by atoms with E-state index in [0.717, 1.165) is 11.8 Å². The minimum Gasteiger partial charge on any atom is -0.176 e. The van der Waals surface area contributed by atoms with Gasteiger partial charge in [0.25, 0.3) is 0 Å². The molecule has 25 heavy (non-hydrogen) atoms. The number of benzene rings is 1. The second-order valence-corrected chi connectivity index (χ2v) is 10.4. The van der Waals surface area contributed by atoms with Crippen molar-refractivity contribution in [3.8, 4) is 0 Å². The van der Waals surface area contributed by atoms with Crippen LogP contribution >= 0.6 is 0 Å². The molecule has 2 fully saturated rings. The van der Waals surface area contributed by atoms with Crippen molar-refractivity contribution >= 4 is 0 Å². The van der Waals surface area contributed by atoms with Gasteiger partial charge in [0.15, 0.2) is 0 Å². The first-order valence-corrected chi connectivity index (χ1v) is 10.2. The van der Waals surface area contributed by atoms with Crippen molar-refractivity contribution in [3.05, 3.63) is 34.4 Å². The normalized spacial score (nSPS) is 38.8. The summed E-state index contributed by atoms with van der Waals surface area (Å²) in [4.78, 5) is 0. The van der Waals surface area contributed by atoms with E-state index in [9.17, 15) is 0 Å². The Labute approximate surface area is 180 Å². The minimum absolute atomic E-state index is 0. The number of hydrogen-bond acceptors (Lipinski definition) is 0. The third-order valence-corrected chi connectivity index (χ3v) is 8.68. The van der Waals surface area contributed by atoms with E-state index in [1.54, 1.807) is 11.1 Å². The zero-order chi connectivity index (χ0) is 17.3. The van der Waals surface area contributed by atoms with Gasteiger partial charge < -0.3 is 0 Å². The quantitative estimate of drug-likeness (QED) is 0.424. The third-order valence-electron chi connectivity index (χ3n) is 8.68. The smallest absolute Gasteiger partial charge is 0 e. The Morgan fingerprint density at radius 1 is 0.960 bits per heavy atom. The number of aryl methyl sites for hydroxylation is 3. The van der Waals surface area contributed by atoms with Crippen LogP contribution in [0.2, 0.25) is 0 Å². The fourth-order valence-corrected chi connectivity index (χ4v) is 7.41. The topological polar surface area (TPSA) is 0 Å². The second-order valence-electron chi connectivity index (χ2n) is 10.4. The van der Waals surface area contributed by atoms with Crippen LogP contribution in [0.5, 0.6) is 0 Å². The molecule has 0 bridgehead atoms. The summed E-state index contributed by atoms with van der Waals surface area (Å²) in [7, 11) is 0. The van der Waals surface area contributed by atoms with Crippen LogP contribution in [0.15, 0.2) is 6.07 Å². The van der Waals surface area contributed by atoms with Crippen LogP contribution in [0, 0.1) is 42.6 Å². The Kier molecular flexibility index (Phi) is 5.17. The van der Waals surface area contributed by atoms with Crippen LogP contribution in [-0.2, 0) is 44.5 Å². The van der Waals surface area contributed by atoms with Crippen LogP contribution in [0.1, 0.15) is 88.5 Å². The van der Waals surface area contributed by atoms with Gasteiger partial charge in [-0.3, -0.25) is 0 Å². The summed E-state index contributed by atoms with van der Waals surface area (Å²) >= 11 is 0. The second kappa shape index (κ2) is 6.44. The predicted molar refractivity (Wildman–Crippen MR) is 102 cm³/mol. The summed E-state index contributed by atoms with van der Waals surface area (Å²) in [5.41, 5.74) is 7.39. The molecule has 0 nitrogen and oxygen atoms in total. The number of hydrogen-bond donors (Lipinski definition) is 0. The molecule has 0 spiro atoms. The van der Waals surface area contributed by atoms with E-state index in [2.05, 4.69) is 53.7 Å². The molecule has 0 aromatic heterocycles. The maximum Gasteiger partial charge on any atom is 0 e. The molecule has 1 aromatic rings. The molecule has 0 N–H and O–H groups in total. The molecule has 3 aliphatic rings. The van der Waals surface area contributed by atoms with E-state index in [1.165, 1.54) is 56.1 Å². The van der Waals surface area contributed by atoms with E-state index >= 15 is 0 Å². The minimum atomic E-state index is 0. The molecule has 0 saturated heterocycles. The molecule has 135 valence electrons. The van der Waals surface area contributed by atoms with Gasteiger partial charge in [0, 0.05) is 32.7 Å². The molecule has 1 radical (unpaired) electrons. The molecule has 1 aromatic carbocycles. The fourth-order valence-electron chi connectivity index (χ4n) is 7.41. The molecular formula is C24H35Y-. The fraction of sp³-hybridized carbons (Fsp3) is 0.750. The van der Waals surface area contributed by atoms with Gasteiger partial charge >= 0.3 is 0 Å². The van der Waals surface area contributed by atoms with Gasteiger partial charge in [-0.05, 0) is 53.8 Å². The van der Waals surface area contributed by atoms with Gasteiger partial charge in [0.05, 0.1) is 0 Å². The first-order chi connectivity index (χ1) is 11.2. The summed E-state index contributed by atoms with van der Waals surface area (Å²) in [6.07, 6.45) is 9.75. The predicted octanol–water partition coefficient (Wildman–Crippen LogP) is 6.55. The largest absolute Gasteiger partial charge is 0.176 e. The van der Waals surface area contributed by atoms with Gasteiger partial charge in [-0.2, -0.15) is 34.4 Å². The van der Waals surface area contributed by atoms with Crippen molar-refractivity contribution in [1.29, 1.82) is 0 Å². The molecule has 1 heteroatoms. The Morgan fingerprint density at radius 3 is 2.40 bits per heavy atom. The molecular weight excluding hydrogens is 377 g/mol. The van der Waals surface area contributed by atoms with E-state index in [1.807, 2.05) is 0 Å². The van der Waals surface area contributed by atoms with Crippen LogP contribution in [-0.4, -0.2) is 0 Å². The van der Waals surface area contributed by atoms with Crippen molar-refractivity contribution in [2.45, 2.75) is 91.9 Å². The van der Waals surface area contributed by atoms with Crippen molar-refractivity contribution in [2.24, 2.45) is 22.7 Å².